The molecule has 0 saturated carbocycles. The van der Waals surface area contributed by atoms with Crippen LogP contribution in [0.4, 0.5) is 18.9 Å². The summed E-state index contributed by atoms with van der Waals surface area (Å²) < 4.78 is 47.9. The average Bonchev–Trinajstić information content (AvgIpc) is 2.60. The fourth-order valence-electron chi connectivity index (χ4n) is 2.11. The van der Waals surface area contributed by atoms with Crippen molar-refractivity contribution in [2.45, 2.75) is 19.2 Å². The highest BCUT2D eigenvalue weighted by Crippen LogP contribution is 2.30. The van der Waals surface area contributed by atoms with Crippen molar-refractivity contribution in [3.05, 3.63) is 53.6 Å². The molecule has 2 rings (SSSR count). The number of carbonyl (C=O) groups excluding carboxylic acids is 2. The zero-order chi connectivity index (χ0) is 20.2. The predicted octanol–water partition coefficient (Wildman–Crippen LogP) is 3.60. The summed E-state index contributed by atoms with van der Waals surface area (Å²) in [5, 5.41) is 12.0. The number of anilines is 1. The second kappa shape index (κ2) is 7.98. The number of rotatable bonds is 5. The number of benzene rings is 2. The van der Waals surface area contributed by atoms with Crippen molar-refractivity contribution in [2.75, 3.05) is 12.4 Å². The third kappa shape index (κ3) is 5.13. The van der Waals surface area contributed by atoms with Gasteiger partial charge in [0.2, 0.25) is 0 Å². The molecule has 9 heteroatoms. The summed E-state index contributed by atoms with van der Waals surface area (Å²) >= 11 is 0. The number of ether oxygens (including phenoxy) is 2. The number of methoxy groups -OCH3 is 1. The second-order valence-corrected chi connectivity index (χ2v) is 5.50. The number of esters is 1. The van der Waals surface area contributed by atoms with Crippen LogP contribution >= 0.6 is 0 Å². The summed E-state index contributed by atoms with van der Waals surface area (Å²) in [7, 11) is 1.38. The molecular formula is C18H16F3NO5. The second-order valence-electron chi connectivity index (χ2n) is 5.50. The minimum absolute atomic E-state index is 0.0926. The van der Waals surface area contributed by atoms with Crippen molar-refractivity contribution in [3.8, 4) is 11.5 Å². The van der Waals surface area contributed by atoms with Gasteiger partial charge in [-0.25, -0.2) is 4.79 Å². The SMILES string of the molecule is COc1ccc(C(=O)O[C@H](C)C(=O)Nc2cccc(C(F)(F)F)c2)c(O)c1. The van der Waals surface area contributed by atoms with Crippen LogP contribution in [0, 0.1) is 0 Å². The first-order chi connectivity index (χ1) is 12.6. The van der Waals surface area contributed by atoms with Crippen molar-refractivity contribution in [1.29, 1.82) is 0 Å². The van der Waals surface area contributed by atoms with E-state index >= 15 is 0 Å². The number of amides is 1. The Labute approximate surface area is 152 Å². The first-order valence-electron chi connectivity index (χ1n) is 7.68. The van der Waals surface area contributed by atoms with Crippen molar-refractivity contribution in [1.82, 2.24) is 0 Å². The highest BCUT2D eigenvalue weighted by Gasteiger charge is 2.30. The molecule has 0 aliphatic carbocycles. The quantitative estimate of drug-likeness (QED) is 0.771. The number of halogens is 3. The Morgan fingerprint density at radius 1 is 1.15 bits per heavy atom. The molecule has 2 N–H and O–H groups in total. The van der Waals surface area contributed by atoms with Gasteiger partial charge in [0, 0.05) is 11.8 Å². The lowest BCUT2D eigenvalue weighted by Crippen LogP contribution is -2.30. The van der Waals surface area contributed by atoms with Crippen LogP contribution < -0.4 is 10.1 Å². The normalized spacial score (nSPS) is 12.2. The van der Waals surface area contributed by atoms with Crippen LogP contribution in [-0.2, 0) is 15.7 Å². The topological polar surface area (TPSA) is 84.9 Å². The van der Waals surface area contributed by atoms with Gasteiger partial charge in [-0.15, -0.1) is 0 Å². The van der Waals surface area contributed by atoms with E-state index in [9.17, 15) is 27.9 Å². The Hall–Kier alpha value is -3.23. The first kappa shape index (κ1) is 20.1. The summed E-state index contributed by atoms with van der Waals surface area (Å²) in [4.78, 5) is 24.1. The van der Waals surface area contributed by atoms with Gasteiger partial charge >= 0.3 is 12.1 Å². The molecule has 1 amide bonds. The van der Waals surface area contributed by atoms with Crippen LogP contribution in [0.2, 0.25) is 0 Å². The number of carbonyl (C=O) groups is 2. The number of aromatic hydroxyl groups is 1. The molecule has 144 valence electrons. The van der Waals surface area contributed by atoms with Crippen molar-refractivity contribution in [2.24, 2.45) is 0 Å². The maximum atomic E-state index is 12.7. The van der Waals surface area contributed by atoms with E-state index in [0.29, 0.717) is 5.75 Å². The van der Waals surface area contributed by atoms with Crippen LogP contribution in [0.1, 0.15) is 22.8 Å². The van der Waals surface area contributed by atoms with Gasteiger partial charge in [0.25, 0.3) is 5.91 Å². The number of phenols is 1. The first-order valence-corrected chi connectivity index (χ1v) is 7.68. The van der Waals surface area contributed by atoms with Crippen LogP contribution in [0.25, 0.3) is 0 Å². The molecule has 0 aromatic heterocycles. The van der Waals surface area contributed by atoms with E-state index in [4.69, 9.17) is 9.47 Å². The summed E-state index contributed by atoms with van der Waals surface area (Å²) in [6, 6.07) is 7.93. The van der Waals surface area contributed by atoms with Gasteiger partial charge in [0.05, 0.1) is 12.7 Å². The minimum atomic E-state index is -4.55. The van der Waals surface area contributed by atoms with Gasteiger partial charge in [-0.1, -0.05) is 6.07 Å². The van der Waals surface area contributed by atoms with Crippen molar-refractivity contribution in [3.63, 3.8) is 0 Å². The van der Waals surface area contributed by atoms with Crippen LogP contribution in [0.5, 0.6) is 11.5 Å². The molecule has 0 saturated heterocycles. The van der Waals surface area contributed by atoms with E-state index in [0.717, 1.165) is 18.2 Å². The number of alkyl halides is 3. The molecule has 27 heavy (non-hydrogen) atoms. The summed E-state index contributed by atoms with van der Waals surface area (Å²) in [5.74, 6) is -1.87. The van der Waals surface area contributed by atoms with Crippen LogP contribution in [0.3, 0.4) is 0 Å². The van der Waals surface area contributed by atoms with Gasteiger partial charge < -0.3 is 19.9 Å². The lowest BCUT2D eigenvalue weighted by Gasteiger charge is -2.15. The third-order valence-electron chi connectivity index (χ3n) is 3.54. The van der Waals surface area contributed by atoms with Crippen molar-refractivity contribution >= 4 is 17.6 Å². The molecule has 1 atom stereocenters. The lowest BCUT2D eigenvalue weighted by atomic mass is 10.2. The minimum Gasteiger partial charge on any atom is -0.507 e. The smallest absolute Gasteiger partial charge is 0.416 e. The van der Waals surface area contributed by atoms with E-state index in [-0.39, 0.29) is 11.3 Å². The summed E-state index contributed by atoms with van der Waals surface area (Å²) in [5.41, 5.74) is -1.20. The van der Waals surface area contributed by atoms with Gasteiger partial charge in [-0.3, -0.25) is 4.79 Å². The number of hydrogen-bond acceptors (Lipinski definition) is 5. The van der Waals surface area contributed by atoms with Gasteiger partial charge in [-0.05, 0) is 37.3 Å². The van der Waals surface area contributed by atoms with E-state index in [1.807, 2.05) is 0 Å². The van der Waals surface area contributed by atoms with Gasteiger partial charge in [0.1, 0.15) is 17.1 Å². The molecule has 0 radical (unpaired) electrons. The van der Waals surface area contributed by atoms with Crippen LogP contribution in [0.15, 0.2) is 42.5 Å². The maximum absolute atomic E-state index is 12.7. The largest absolute Gasteiger partial charge is 0.507 e. The van der Waals surface area contributed by atoms with E-state index in [1.54, 1.807) is 0 Å². The molecule has 0 aliphatic heterocycles. The highest BCUT2D eigenvalue weighted by atomic mass is 19.4. The zero-order valence-electron chi connectivity index (χ0n) is 14.3. The average molecular weight is 383 g/mol. The molecule has 2 aromatic carbocycles. The van der Waals surface area contributed by atoms with Crippen LogP contribution in [-0.4, -0.2) is 30.2 Å². The fraction of sp³-hybridized carbons (Fsp3) is 0.222. The molecule has 0 heterocycles. The molecule has 0 unspecified atom stereocenters. The van der Waals surface area contributed by atoms with Gasteiger partial charge in [0.15, 0.2) is 6.10 Å². The monoisotopic (exact) mass is 383 g/mol. The Morgan fingerprint density at radius 2 is 1.85 bits per heavy atom. The molecule has 0 aliphatic rings. The fourth-order valence-corrected chi connectivity index (χ4v) is 2.11. The van der Waals surface area contributed by atoms with E-state index in [1.165, 1.54) is 38.3 Å². The predicted molar refractivity (Wildman–Crippen MR) is 89.6 cm³/mol. The molecular weight excluding hydrogens is 367 g/mol. The highest BCUT2D eigenvalue weighted by molar-refractivity contribution is 5.98. The molecule has 6 nitrogen and oxygen atoms in total. The van der Waals surface area contributed by atoms with Gasteiger partial charge in [-0.2, -0.15) is 13.2 Å². The molecule has 0 fully saturated rings. The Kier molecular flexibility index (Phi) is 5.94. The van der Waals surface area contributed by atoms with Crippen molar-refractivity contribution < 1.29 is 37.3 Å². The standard InChI is InChI=1S/C18H16F3NO5/c1-10(27-17(25)14-7-6-13(26-2)9-15(14)23)16(24)22-12-5-3-4-11(8-12)18(19,20)21/h3-10,23H,1-2H3,(H,22,24)/t10-/m1/s1. The number of nitrogens with one attached hydrogen (secondary N) is 1. The summed E-state index contributed by atoms with van der Waals surface area (Å²) in [6.45, 7) is 1.25. The Bertz CT molecular complexity index is 851. The summed E-state index contributed by atoms with van der Waals surface area (Å²) in [6.07, 6.45) is -5.86. The Balaban J connectivity index is 2.04. The molecule has 2 aromatic rings. The maximum Gasteiger partial charge on any atom is 0.416 e. The van der Waals surface area contributed by atoms with E-state index in [2.05, 4.69) is 5.32 Å². The zero-order valence-corrected chi connectivity index (χ0v) is 14.3. The molecule has 0 spiro atoms. The number of hydrogen-bond donors (Lipinski definition) is 2. The van der Waals surface area contributed by atoms with E-state index < -0.39 is 35.5 Å². The Morgan fingerprint density at radius 3 is 2.44 bits per heavy atom. The lowest BCUT2D eigenvalue weighted by molar-refractivity contribution is -0.137. The number of phenolic OH excluding ortho intramolecular Hbond substituents is 1. The molecule has 0 bridgehead atoms. The third-order valence-corrected chi connectivity index (χ3v) is 3.54.